The van der Waals surface area contributed by atoms with Crippen LogP contribution in [0.15, 0.2) is 46.9 Å². The number of carbonyl (C=O) groups excluding carboxylic acids is 1. The number of nitrogens with zero attached hydrogens (tertiary/aromatic N) is 1. The first-order valence-corrected chi connectivity index (χ1v) is 7.08. The van der Waals surface area contributed by atoms with Crippen molar-refractivity contribution in [2.75, 3.05) is 7.11 Å². The fraction of sp³-hybridized carbons (Fsp3) is 0.0556. The number of esters is 1. The van der Waals surface area contributed by atoms with Gasteiger partial charge in [0.2, 0.25) is 5.76 Å². The molecule has 0 saturated carbocycles. The third kappa shape index (κ3) is 3.03. The molecular formula is C18H13NO5. The second-order valence-corrected chi connectivity index (χ2v) is 4.94. The lowest BCUT2D eigenvalue weighted by Gasteiger charge is -2.03. The number of hydrogen-bond acceptors (Lipinski definition) is 5. The number of benzene rings is 1. The van der Waals surface area contributed by atoms with Gasteiger partial charge in [-0.25, -0.2) is 14.6 Å². The molecule has 0 atom stereocenters. The average molecular weight is 323 g/mol. The van der Waals surface area contributed by atoms with Crippen LogP contribution in [-0.2, 0) is 4.74 Å². The number of carbonyl (C=O) groups is 2. The molecule has 6 heteroatoms. The number of aromatic carboxylic acids is 1. The Morgan fingerprint density at radius 2 is 1.96 bits per heavy atom. The van der Waals surface area contributed by atoms with Crippen LogP contribution in [0.25, 0.3) is 23.1 Å². The molecular weight excluding hydrogens is 310 g/mol. The van der Waals surface area contributed by atoms with Gasteiger partial charge in [0.15, 0.2) is 0 Å². The van der Waals surface area contributed by atoms with Crippen LogP contribution in [0.4, 0.5) is 0 Å². The van der Waals surface area contributed by atoms with Crippen LogP contribution >= 0.6 is 0 Å². The highest BCUT2D eigenvalue weighted by atomic mass is 16.5. The smallest absolute Gasteiger partial charge is 0.373 e. The van der Waals surface area contributed by atoms with E-state index < -0.39 is 11.9 Å². The molecule has 0 aliphatic carbocycles. The number of ether oxygens (including phenoxy) is 1. The highest BCUT2D eigenvalue weighted by Gasteiger charge is 2.11. The maximum Gasteiger partial charge on any atom is 0.373 e. The van der Waals surface area contributed by atoms with Crippen LogP contribution in [0.3, 0.4) is 0 Å². The van der Waals surface area contributed by atoms with Crippen molar-refractivity contribution in [1.29, 1.82) is 0 Å². The summed E-state index contributed by atoms with van der Waals surface area (Å²) in [6, 6.07) is 11.6. The summed E-state index contributed by atoms with van der Waals surface area (Å²) in [7, 11) is 1.27. The van der Waals surface area contributed by atoms with Crippen LogP contribution in [-0.4, -0.2) is 29.1 Å². The molecule has 2 aromatic heterocycles. The molecule has 24 heavy (non-hydrogen) atoms. The number of rotatable bonds is 4. The minimum Gasteiger partial charge on any atom is -0.478 e. The molecule has 0 bridgehead atoms. The van der Waals surface area contributed by atoms with E-state index in [0.29, 0.717) is 22.4 Å². The number of carboxylic acid groups (broad SMARTS) is 1. The van der Waals surface area contributed by atoms with Gasteiger partial charge in [-0.15, -0.1) is 0 Å². The Labute approximate surface area is 137 Å². The van der Waals surface area contributed by atoms with Crippen LogP contribution in [0.1, 0.15) is 32.4 Å². The quantitative estimate of drug-likeness (QED) is 0.739. The van der Waals surface area contributed by atoms with Crippen molar-refractivity contribution in [3.8, 4) is 0 Å². The Morgan fingerprint density at radius 3 is 2.71 bits per heavy atom. The number of fused-ring (bicyclic) bond motifs is 1. The van der Waals surface area contributed by atoms with Gasteiger partial charge in [-0.2, -0.15) is 0 Å². The van der Waals surface area contributed by atoms with E-state index in [-0.39, 0.29) is 11.3 Å². The molecule has 0 fully saturated rings. The topological polar surface area (TPSA) is 89.6 Å². The van der Waals surface area contributed by atoms with E-state index in [1.165, 1.54) is 19.2 Å². The molecule has 0 radical (unpaired) electrons. The Kier molecular flexibility index (Phi) is 4.11. The van der Waals surface area contributed by atoms with Crippen LogP contribution < -0.4 is 0 Å². The second-order valence-electron chi connectivity index (χ2n) is 4.94. The second kappa shape index (κ2) is 6.37. The summed E-state index contributed by atoms with van der Waals surface area (Å²) in [4.78, 5) is 27.2. The first-order chi connectivity index (χ1) is 11.6. The summed E-state index contributed by atoms with van der Waals surface area (Å²) in [6.45, 7) is 0. The lowest BCUT2D eigenvalue weighted by Crippen LogP contribution is -2.00. The highest BCUT2D eigenvalue weighted by Crippen LogP contribution is 2.20. The van der Waals surface area contributed by atoms with E-state index in [9.17, 15) is 14.7 Å². The maximum atomic E-state index is 11.4. The zero-order chi connectivity index (χ0) is 17.1. The predicted molar refractivity (Wildman–Crippen MR) is 87.7 cm³/mol. The molecule has 1 aromatic carbocycles. The van der Waals surface area contributed by atoms with Crippen molar-refractivity contribution in [3.63, 3.8) is 0 Å². The zero-order valence-corrected chi connectivity index (χ0v) is 12.7. The maximum absolute atomic E-state index is 11.4. The molecule has 0 aliphatic heterocycles. The number of carboxylic acids is 1. The van der Waals surface area contributed by atoms with Gasteiger partial charge in [0.25, 0.3) is 0 Å². The van der Waals surface area contributed by atoms with Gasteiger partial charge in [-0.05, 0) is 36.4 Å². The van der Waals surface area contributed by atoms with Gasteiger partial charge in [0.1, 0.15) is 5.76 Å². The van der Waals surface area contributed by atoms with E-state index in [0.717, 1.165) is 0 Å². The first-order valence-electron chi connectivity index (χ1n) is 7.08. The van der Waals surface area contributed by atoms with E-state index >= 15 is 0 Å². The normalized spacial score (nSPS) is 11.0. The highest BCUT2D eigenvalue weighted by molar-refractivity contribution is 6.03. The molecule has 0 aliphatic rings. The van der Waals surface area contributed by atoms with Crippen molar-refractivity contribution in [2.45, 2.75) is 0 Å². The van der Waals surface area contributed by atoms with Gasteiger partial charge in [-0.3, -0.25) is 0 Å². The minimum atomic E-state index is -1.02. The Bertz CT molecular complexity index is 955. The number of furan rings is 1. The third-order valence-corrected chi connectivity index (χ3v) is 3.40. The third-order valence-electron chi connectivity index (χ3n) is 3.40. The summed E-state index contributed by atoms with van der Waals surface area (Å²) in [6.07, 6.45) is 3.23. The molecule has 0 saturated heterocycles. The monoisotopic (exact) mass is 323 g/mol. The summed E-state index contributed by atoms with van der Waals surface area (Å²) in [5, 5.41) is 9.94. The SMILES string of the molecule is COC(=O)c1ccc(/C=C\c2cc(C(=O)O)c3ccccc3n2)o1. The molecule has 6 nitrogen and oxygen atoms in total. The molecule has 0 spiro atoms. The van der Waals surface area contributed by atoms with Crippen molar-refractivity contribution in [3.05, 3.63) is 65.2 Å². The van der Waals surface area contributed by atoms with Crippen molar-refractivity contribution < 1.29 is 23.8 Å². The Balaban J connectivity index is 1.96. The first kappa shape index (κ1) is 15.5. The van der Waals surface area contributed by atoms with E-state index in [1.54, 1.807) is 42.5 Å². The van der Waals surface area contributed by atoms with Crippen molar-refractivity contribution in [1.82, 2.24) is 4.98 Å². The molecule has 3 aromatic rings. The van der Waals surface area contributed by atoms with Gasteiger partial charge >= 0.3 is 11.9 Å². The lowest BCUT2D eigenvalue weighted by atomic mass is 10.1. The van der Waals surface area contributed by atoms with Crippen LogP contribution in [0.5, 0.6) is 0 Å². The summed E-state index contributed by atoms with van der Waals surface area (Å²) >= 11 is 0. The number of para-hydroxylation sites is 1. The van der Waals surface area contributed by atoms with E-state index in [2.05, 4.69) is 9.72 Å². The van der Waals surface area contributed by atoms with Crippen LogP contribution in [0.2, 0.25) is 0 Å². The zero-order valence-electron chi connectivity index (χ0n) is 12.7. The van der Waals surface area contributed by atoms with Crippen molar-refractivity contribution in [2.24, 2.45) is 0 Å². The van der Waals surface area contributed by atoms with Gasteiger partial charge in [0, 0.05) is 5.39 Å². The summed E-state index contributed by atoms with van der Waals surface area (Å²) in [5.74, 6) is -1.06. The fourth-order valence-electron chi connectivity index (χ4n) is 2.28. The van der Waals surface area contributed by atoms with Crippen LogP contribution in [0, 0.1) is 0 Å². The lowest BCUT2D eigenvalue weighted by molar-refractivity contribution is 0.0564. The Morgan fingerprint density at radius 1 is 1.17 bits per heavy atom. The van der Waals surface area contributed by atoms with Crippen molar-refractivity contribution >= 4 is 35.0 Å². The molecule has 3 rings (SSSR count). The van der Waals surface area contributed by atoms with Gasteiger partial charge in [0.05, 0.1) is 23.9 Å². The van der Waals surface area contributed by atoms with Gasteiger partial charge < -0.3 is 14.3 Å². The molecule has 2 heterocycles. The summed E-state index contributed by atoms with van der Waals surface area (Å²) < 4.78 is 9.89. The fourth-order valence-corrected chi connectivity index (χ4v) is 2.28. The minimum absolute atomic E-state index is 0.0924. The van der Waals surface area contributed by atoms with E-state index in [1.807, 2.05) is 0 Å². The van der Waals surface area contributed by atoms with E-state index in [4.69, 9.17) is 4.42 Å². The largest absolute Gasteiger partial charge is 0.478 e. The van der Waals surface area contributed by atoms with Gasteiger partial charge in [-0.1, -0.05) is 18.2 Å². The molecule has 120 valence electrons. The average Bonchev–Trinajstić information content (AvgIpc) is 3.07. The predicted octanol–water partition coefficient (Wildman–Crippen LogP) is 3.48. The number of aromatic nitrogens is 1. The molecule has 1 N–H and O–H groups in total. The number of hydrogen-bond donors (Lipinski definition) is 1. The standard InChI is InChI=1S/C18H13NO5/c1-23-18(22)16-9-8-12(24-16)7-6-11-10-14(17(20)21)13-4-2-3-5-15(13)19-11/h2-10H,1H3,(H,20,21)/b7-6-. The Hall–Kier alpha value is -3.41. The molecule has 0 unspecified atom stereocenters. The number of pyridine rings is 1. The molecule has 0 amide bonds. The number of methoxy groups -OCH3 is 1. The summed E-state index contributed by atoms with van der Waals surface area (Å²) in [5.41, 5.74) is 1.24.